The van der Waals surface area contributed by atoms with Crippen LogP contribution in [0, 0.1) is 6.92 Å². The molecule has 2 aromatic heterocycles. The van der Waals surface area contributed by atoms with E-state index in [2.05, 4.69) is 15.0 Å². The number of hydrogen-bond donors (Lipinski definition) is 1. The predicted octanol–water partition coefficient (Wildman–Crippen LogP) is 4.95. The lowest BCUT2D eigenvalue weighted by atomic mass is 10.0. The van der Waals surface area contributed by atoms with E-state index in [1.54, 1.807) is 62.5 Å². The monoisotopic (exact) mass is 476 g/mol. The molecule has 0 aliphatic carbocycles. The molecule has 2 heterocycles. The average Bonchev–Trinajstić information content (AvgIpc) is 3.26. The number of H-pyrrole nitrogens is 1. The summed E-state index contributed by atoms with van der Waals surface area (Å²) in [4.78, 5) is 27.4. The van der Waals surface area contributed by atoms with E-state index in [9.17, 15) is 13.2 Å². The Kier molecular flexibility index (Phi) is 6.27. The molecule has 0 aliphatic rings. The average molecular weight is 477 g/mol. The van der Waals surface area contributed by atoms with Crippen LogP contribution >= 0.6 is 0 Å². The molecule has 0 saturated heterocycles. The van der Waals surface area contributed by atoms with Crippen LogP contribution < -0.4 is 0 Å². The summed E-state index contributed by atoms with van der Waals surface area (Å²) in [5.74, 6) is -0.163. The number of amides is 1. The highest BCUT2D eigenvalue weighted by Gasteiger charge is 2.23. The first-order valence-corrected chi connectivity index (χ1v) is 12.7. The predicted molar refractivity (Wildman–Crippen MR) is 133 cm³/mol. The van der Waals surface area contributed by atoms with Crippen LogP contribution in [-0.4, -0.2) is 46.5 Å². The lowest BCUT2D eigenvalue weighted by molar-refractivity contribution is 0.0744. The number of benzene rings is 2. The second-order valence-corrected chi connectivity index (χ2v) is 11.3. The van der Waals surface area contributed by atoms with E-state index in [4.69, 9.17) is 0 Å². The number of nitrogens with zero attached hydrogens (tertiary/aromatic N) is 3. The third-order valence-electron chi connectivity index (χ3n) is 6.17. The van der Waals surface area contributed by atoms with Gasteiger partial charge in [-0.2, -0.15) is 0 Å². The summed E-state index contributed by atoms with van der Waals surface area (Å²) < 4.78 is 24.8. The summed E-state index contributed by atoms with van der Waals surface area (Å²) in [6, 6.07) is 14.6. The normalized spacial score (nSPS) is 12.8. The SMILES string of the molecule is Cc1ccc(C(C)N(C)C(=O)c2c[nH]c3ncc(-c4ccc(S(=O)(=O)C(C)C)cc4)nc23)cc1. The fourth-order valence-corrected chi connectivity index (χ4v) is 4.78. The van der Waals surface area contributed by atoms with E-state index >= 15 is 0 Å². The van der Waals surface area contributed by atoms with Crippen molar-refractivity contribution in [2.24, 2.45) is 0 Å². The maximum absolute atomic E-state index is 13.3. The number of aromatic nitrogens is 3. The smallest absolute Gasteiger partial charge is 0.257 e. The Hall–Kier alpha value is -3.52. The van der Waals surface area contributed by atoms with E-state index in [0.717, 1.165) is 11.1 Å². The molecule has 0 spiro atoms. The van der Waals surface area contributed by atoms with Crippen molar-refractivity contribution in [2.45, 2.75) is 43.9 Å². The highest BCUT2D eigenvalue weighted by Crippen LogP contribution is 2.26. The van der Waals surface area contributed by atoms with Gasteiger partial charge in [0.1, 0.15) is 5.52 Å². The van der Waals surface area contributed by atoms with Gasteiger partial charge in [-0.25, -0.2) is 18.4 Å². The zero-order valence-electron chi connectivity index (χ0n) is 19.9. The minimum atomic E-state index is -3.35. The molecular weight excluding hydrogens is 448 g/mol. The van der Waals surface area contributed by atoms with Gasteiger partial charge in [-0.3, -0.25) is 4.79 Å². The van der Waals surface area contributed by atoms with E-state index in [1.807, 2.05) is 38.1 Å². The summed E-state index contributed by atoms with van der Waals surface area (Å²) in [5, 5.41) is -0.498. The van der Waals surface area contributed by atoms with Crippen molar-refractivity contribution in [3.05, 3.63) is 77.6 Å². The second-order valence-electron chi connectivity index (χ2n) is 8.78. The molecule has 0 saturated carbocycles. The van der Waals surface area contributed by atoms with Crippen molar-refractivity contribution < 1.29 is 13.2 Å². The topological polar surface area (TPSA) is 96.0 Å². The minimum Gasteiger partial charge on any atom is -0.344 e. The standard InChI is InChI=1S/C26H28N4O3S/c1-16(2)34(32,33)21-12-10-20(11-13-21)23-15-28-25-24(29-23)22(14-27-25)26(31)30(5)18(4)19-8-6-17(3)7-9-19/h6-16,18H,1-5H3,(H,27,28). The van der Waals surface area contributed by atoms with E-state index in [1.165, 1.54) is 5.56 Å². The van der Waals surface area contributed by atoms with Crippen molar-refractivity contribution >= 4 is 26.9 Å². The number of fused-ring (bicyclic) bond motifs is 1. The van der Waals surface area contributed by atoms with Crippen molar-refractivity contribution in [1.29, 1.82) is 0 Å². The molecule has 2 aromatic carbocycles. The molecule has 4 aromatic rings. The first-order valence-electron chi connectivity index (χ1n) is 11.1. The van der Waals surface area contributed by atoms with Crippen LogP contribution in [0.15, 0.2) is 65.8 Å². The van der Waals surface area contributed by atoms with E-state index < -0.39 is 15.1 Å². The number of rotatable bonds is 6. The number of sulfone groups is 1. The highest BCUT2D eigenvalue weighted by molar-refractivity contribution is 7.92. The molecule has 176 valence electrons. The Labute approximate surface area is 199 Å². The molecule has 34 heavy (non-hydrogen) atoms. The molecule has 1 amide bonds. The van der Waals surface area contributed by atoms with Crippen LogP contribution in [0.4, 0.5) is 0 Å². The summed E-state index contributed by atoms with van der Waals surface area (Å²) in [6.07, 6.45) is 3.24. The quantitative estimate of drug-likeness (QED) is 0.425. The van der Waals surface area contributed by atoms with Gasteiger partial charge in [0.15, 0.2) is 15.5 Å². The van der Waals surface area contributed by atoms with Crippen molar-refractivity contribution in [3.8, 4) is 11.3 Å². The molecular formula is C26H28N4O3S. The van der Waals surface area contributed by atoms with Gasteiger partial charge in [-0.05, 0) is 45.4 Å². The largest absolute Gasteiger partial charge is 0.344 e. The molecule has 0 radical (unpaired) electrons. The van der Waals surface area contributed by atoms with Crippen LogP contribution in [0.3, 0.4) is 0 Å². The Morgan fingerprint density at radius 1 is 1.00 bits per heavy atom. The number of hydrogen-bond acceptors (Lipinski definition) is 5. The van der Waals surface area contributed by atoms with Gasteiger partial charge in [-0.1, -0.05) is 42.0 Å². The van der Waals surface area contributed by atoms with Gasteiger partial charge in [0.05, 0.1) is 33.6 Å². The lowest BCUT2D eigenvalue weighted by Crippen LogP contribution is -2.29. The third kappa shape index (κ3) is 4.33. The van der Waals surface area contributed by atoms with Crippen LogP contribution in [0.1, 0.15) is 48.3 Å². The fraction of sp³-hybridized carbons (Fsp3) is 0.269. The van der Waals surface area contributed by atoms with Crippen LogP contribution in [0.5, 0.6) is 0 Å². The zero-order valence-corrected chi connectivity index (χ0v) is 20.7. The molecule has 4 rings (SSSR count). The Bertz CT molecular complexity index is 1440. The summed E-state index contributed by atoms with van der Waals surface area (Å²) in [7, 11) is -1.58. The van der Waals surface area contributed by atoms with Crippen molar-refractivity contribution in [3.63, 3.8) is 0 Å². The second kappa shape index (κ2) is 9.02. The van der Waals surface area contributed by atoms with Crippen molar-refractivity contribution in [1.82, 2.24) is 19.9 Å². The van der Waals surface area contributed by atoms with Gasteiger partial charge in [0, 0.05) is 18.8 Å². The molecule has 1 atom stereocenters. The maximum Gasteiger partial charge on any atom is 0.257 e. The molecule has 1 N–H and O–H groups in total. The van der Waals surface area contributed by atoms with Crippen LogP contribution in [0.25, 0.3) is 22.4 Å². The van der Waals surface area contributed by atoms with Gasteiger partial charge in [0.2, 0.25) is 0 Å². The molecule has 7 nitrogen and oxygen atoms in total. The summed E-state index contributed by atoms with van der Waals surface area (Å²) in [5.41, 5.74) is 4.92. The number of nitrogens with one attached hydrogen (secondary N) is 1. The molecule has 8 heteroatoms. The number of aryl methyl sites for hydroxylation is 1. The molecule has 1 unspecified atom stereocenters. The third-order valence-corrected chi connectivity index (χ3v) is 8.34. The van der Waals surface area contributed by atoms with Crippen LogP contribution in [0.2, 0.25) is 0 Å². The van der Waals surface area contributed by atoms with Gasteiger partial charge >= 0.3 is 0 Å². The van der Waals surface area contributed by atoms with Gasteiger partial charge in [-0.15, -0.1) is 0 Å². The zero-order chi connectivity index (χ0) is 24.6. The molecule has 0 aliphatic heterocycles. The van der Waals surface area contributed by atoms with Gasteiger partial charge < -0.3 is 9.88 Å². The van der Waals surface area contributed by atoms with Gasteiger partial charge in [0.25, 0.3) is 5.91 Å². The summed E-state index contributed by atoms with van der Waals surface area (Å²) >= 11 is 0. The Morgan fingerprint density at radius 2 is 1.65 bits per heavy atom. The van der Waals surface area contributed by atoms with E-state index in [0.29, 0.717) is 22.4 Å². The first kappa shape index (κ1) is 23.6. The minimum absolute atomic E-state index is 0.121. The van der Waals surface area contributed by atoms with E-state index in [-0.39, 0.29) is 16.8 Å². The molecule has 0 fully saturated rings. The Morgan fingerprint density at radius 3 is 2.26 bits per heavy atom. The van der Waals surface area contributed by atoms with Crippen molar-refractivity contribution in [2.75, 3.05) is 7.05 Å². The van der Waals surface area contributed by atoms with Crippen LogP contribution in [-0.2, 0) is 9.84 Å². The molecule has 0 bridgehead atoms. The first-order chi connectivity index (χ1) is 16.1. The number of carbonyl (C=O) groups excluding carboxylic acids is 1. The fourth-order valence-electron chi connectivity index (χ4n) is 3.72. The maximum atomic E-state index is 13.3. The lowest BCUT2D eigenvalue weighted by Gasteiger charge is -2.25. The Balaban J connectivity index is 1.65. The number of carbonyl (C=O) groups is 1. The number of aromatic amines is 1. The highest BCUT2D eigenvalue weighted by atomic mass is 32.2. The summed E-state index contributed by atoms with van der Waals surface area (Å²) in [6.45, 7) is 7.33.